The van der Waals surface area contributed by atoms with Crippen molar-refractivity contribution in [1.82, 2.24) is 4.90 Å². The highest BCUT2D eigenvalue weighted by atomic mass is 32.2. The number of amides is 1. The Morgan fingerprint density at radius 1 is 1.04 bits per heavy atom. The van der Waals surface area contributed by atoms with Crippen molar-refractivity contribution < 1.29 is 22.7 Å². The number of carbonyl (C=O) groups excluding carboxylic acids is 2. The fourth-order valence-corrected chi connectivity index (χ4v) is 4.97. The lowest BCUT2D eigenvalue weighted by molar-refractivity contribution is -0.151. The molecule has 7 heteroatoms. The summed E-state index contributed by atoms with van der Waals surface area (Å²) in [4.78, 5) is 25.6. The first-order valence-corrected chi connectivity index (χ1v) is 10.9. The van der Waals surface area contributed by atoms with Gasteiger partial charge in [-0.1, -0.05) is 54.6 Å². The van der Waals surface area contributed by atoms with Gasteiger partial charge in [-0.2, -0.15) is 0 Å². The standard InChI is InChI=1S/C21H23NO5S/c1-22(19-11-12-28(25,26)15-19)20(23)14-27-21(24)13-16-7-9-18(10-8-16)17-5-3-2-4-6-17/h2-10,19H,11-15H2,1H3. The molecule has 0 aromatic heterocycles. The Morgan fingerprint density at radius 3 is 2.29 bits per heavy atom. The summed E-state index contributed by atoms with van der Waals surface area (Å²) in [6.45, 7) is -0.381. The van der Waals surface area contributed by atoms with Crippen LogP contribution >= 0.6 is 0 Å². The van der Waals surface area contributed by atoms with Crippen molar-refractivity contribution in [1.29, 1.82) is 0 Å². The van der Waals surface area contributed by atoms with Crippen LogP contribution in [-0.2, 0) is 30.6 Å². The summed E-state index contributed by atoms with van der Waals surface area (Å²) in [5.74, 6) is -0.825. The van der Waals surface area contributed by atoms with E-state index in [4.69, 9.17) is 4.74 Å². The first-order chi connectivity index (χ1) is 13.3. The van der Waals surface area contributed by atoms with Crippen molar-refractivity contribution in [3.05, 3.63) is 60.2 Å². The molecule has 1 amide bonds. The van der Waals surface area contributed by atoms with E-state index in [0.29, 0.717) is 6.42 Å². The number of rotatable bonds is 6. The smallest absolute Gasteiger partial charge is 0.310 e. The number of hydrogen-bond donors (Lipinski definition) is 0. The maximum Gasteiger partial charge on any atom is 0.310 e. The van der Waals surface area contributed by atoms with Crippen LogP contribution in [0.5, 0.6) is 0 Å². The van der Waals surface area contributed by atoms with Gasteiger partial charge in [0.05, 0.1) is 17.9 Å². The topological polar surface area (TPSA) is 80.8 Å². The molecule has 1 saturated heterocycles. The SMILES string of the molecule is CN(C(=O)COC(=O)Cc1ccc(-c2ccccc2)cc1)C1CCS(=O)(=O)C1. The number of nitrogens with zero attached hydrogens (tertiary/aromatic N) is 1. The number of likely N-dealkylation sites (N-methyl/N-ethyl adjacent to an activating group) is 1. The minimum absolute atomic E-state index is 0.0308. The highest BCUT2D eigenvalue weighted by molar-refractivity contribution is 7.91. The molecule has 1 aliphatic heterocycles. The van der Waals surface area contributed by atoms with E-state index in [-0.39, 0.29) is 30.6 Å². The van der Waals surface area contributed by atoms with E-state index < -0.39 is 21.7 Å². The molecule has 1 fully saturated rings. The van der Waals surface area contributed by atoms with Crippen molar-refractivity contribution in [2.75, 3.05) is 25.2 Å². The molecule has 6 nitrogen and oxygen atoms in total. The van der Waals surface area contributed by atoms with Gasteiger partial charge in [0.15, 0.2) is 16.4 Å². The minimum atomic E-state index is -3.07. The second-order valence-electron chi connectivity index (χ2n) is 6.96. The van der Waals surface area contributed by atoms with Crippen LogP contribution in [0.4, 0.5) is 0 Å². The number of sulfone groups is 1. The van der Waals surface area contributed by atoms with Crippen LogP contribution < -0.4 is 0 Å². The van der Waals surface area contributed by atoms with Crippen molar-refractivity contribution in [3.63, 3.8) is 0 Å². The molecule has 0 saturated carbocycles. The van der Waals surface area contributed by atoms with Crippen LogP contribution in [0.1, 0.15) is 12.0 Å². The molecule has 1 heterocycles. The monoisotopic (exact) mass is 401 g/mol. The fourth-order valence-electron chi connectivity index (χ4n) is 3.19. The lowest BCUT2D eigenvalue weighted by atomic mass is 10.0. The van der Waals surface area contributed by atoms with Crippen molar-refractivity contribution in [2.24, 2.45) is 0 Å². The molecule has 0 radical (unpaired) electrons. The van der Waals surface area contributed by atoms with Gasteiger partial charge in [-0.05, 0) is 23.1 Å². The van der Waals surface area contributed by atoms with Gasteiger partial charge in [-0.15, -0.1) is 0 Å². The summed E-state index contributed by atoms with van der Waals surface area (Å²) >= 11 is 0. The van der Waals surface area contributed by atoms with E-state index in [1.54, 1.807) is 7.05 Å². The maximum atomic E-state index is 12.2. The Labute approximate surface area is 165 Å². The molecule has 0 aliphatic carbocycles. The Kier molecular flexibility index (Phi) is 6.14. The molecular formula is C21H23NO5S. The van der Waals surface area contributed by atoms with Crippen molar-refractivity contribution >= 4 is 21.7 Å². The van der Waals surface area contributed by atoms with Crippen molar-refractivity contribution in [2.45, 2.75) is 18.9 Å². The zero-order chi connectivity index (χ0) is 20.1. The van der Waals surface area contributed by atoms with Crippen LogP contribution in [0.25, 0.3) is 11.1 Å². The predicted octanol–water partition coefficient (Wildman–Crippen LogP) is 2.08. The molecule has 0 N–H and O–H groups in total. The van der Waals surface area contributed by atoms with Gasteiger partial charge in [0.25, 0.3) is 5.91 Å². The molecule has 0 spiro atoms. The Bertz CT molecular complexity index is 939. The quantitative estimate of drug-likeness (QED) is 0.693. The third kappa shape index (κ3) is 5.19. The van der Waals surface area contributed by atoms with Crippen LogP contribution in [-0.4, -0.2) is 56.4 Å². The minimum Gasteiger partial charge on any atom is -0.455 e. The van der Waals surface area contributed by atoms with E-state index in [9.17, 15) is 18.0 Å². The summed E-state index contributed by atoms with van der Waals surface area (Å²) in [6.07, 6.45) is 0.496. The maximum absolute atomic E-state index is 12.2. The van der Waals surface area contributed by atoms with E-state index in [1.807, 2.05) is 54.6 Å². The number of benzene rings is 2. The molecule has 1 atom stereocenters. The molecule has 2 aromatic rings. The molecule has 0 bridgehead atoms. The van der Waals surface area contributed by atoms with Gasteiger partial charge >= 0.3 is 5.97 Å². The number of ether oxygens (including phenoxy) is 1. The Balaban J connectivity index is 1.48. The lowest BCUT2D eigenvalue weighted by Gasteiger charge is -2.23. The highest BCUT2D eigenvalue weighted by Gasteiger charge is 2.32. The van der Waals surface area contributed by atoms with Gasteiger partial charge in [0, 0.05) is 13.1 Å². The summed E-state index contributed by atoms with van der Waals surface area (Å²) < 4.78 is 28.1. The second kappa shape index (κ2) is 8.56. The summed E-state index contributed by atoms with van der Waals surface area (Å²) in [7, 11) is -1.53. The second-order valence-corrected chi connectivity index (χ2v) is 9.19. The summed E-state index contributed by atoms with van der Waals surface area (Å²) in [5.41, 5.74) is 2.95. The summed E-state index contributed by atoms with van der Waals surface area (Å²) in [6, 6.07) is 17.2. The first kappa shape index (κ1) is 20.1. The van der Waals surface area contributed by atoms with Gasteiger partial charge in [-0.25, -0.2) is 8.42 Å². The fraction of sp³-hybridized carbons (Fsp3) is 0.333. The van der Waals surface area contributed by atoms with E-state index in [0.717, 1.165) is 16.7 Å². The Hall–Kier alpha value is -2.67. The number of esters is 1. The highest BCUT2D eigenvalue weighted by Crippen LogP contribution is 2.20. The molecular weight excluding hydrogens is 378 g/mol. The van der Waals surface area contributed by atoms with E-state index in [2.05, 4.69) is 0 Å². The van der Waals surface area contributed by atoms with Crippen LogP contribution in [0.15, 0.2) is 54.6 Å². The van der Waals surface area contributed by atoms with Crippen LogP contribution in [0.3, 0.4) is 0 Å². The van der Waals surface area contributed by atoms with Gasteiger partial charge in [-0.3, -0.25) is 9.59 Å². The van der Waals surface area contributed by atoms with E-state index in [1.165, 1.54) is 4.90 Å². The normalized spacial score (nSPS) is 17.8. The molecule has 2 aromatic carbocycles. The predicted molar refractivity (Wildman–Crippen MR) is 106 cm³/mol. The van der Waals surface area contributed by atoms with Gasteiger partial charge < -0.3 is 9.64 Å². The van der Waals surface area contributed by atoms with E-state index >= 15 is 0 Å². The number of carbonyl (C=O) groups is 2. The van der Waals surface area contributed by atoms with Crippen LogP contribution in [0.2, 0.25) is 0 Å². The zero-order valence-corrected chi connectivity index (χ0v) is 16.5. The zero-order valence-electron chi connectivity index (χ0n) is 15.7. The first-order valence-electron chi connectivity index (χ1n) is 9.10. The third-order valence-electron chi connectivity index (χ3n) is 4.92. The lowest BCUT2D eigenvalue weighted by Crippen LogP contribution is -2.40. The van der Waals surface area contributed by atoms with Crippen molar-refractivity contribution in [3.8, 4) is 11.1 Å². The molecule has 1 unspecified atom stereocenters. The average molecular weight is 401 g/mol. The molecule has 148 valence electrons. The Morgan fingerprint density at radius 2 is 1.68 bits per heavy atom. The average Bonchev–Trinajstić information content (AvgIpc) is 3.06. The van der Waals surface area contributed by atoms with Gasteiger partial charge in [0.2, 0.25) is 0 Å². The largest absolute Gasteiger partial charge is 0.455 e. The van der Waals surface area contributed by atoms with Crippen LogP contribution in [0, 0.1) is 0 Å². The molecule has 28 heavy (non-hydrogen) atoms. The molecule has 3 rings (SSSR count). The van der Waals surface area contributed by atoms with Gasteiger partial charge in [0.1, 0.15) is 0 Å². The third-order valence-corrected chi connectivity index (χ3v) is 6.67. The summed E-state index contributed by atoms with van der Waals surface area (Å²) in [5, 5.41) is 0. The number of hydrogen-bond acceptors (Lipinski definition) is 5. The molecule has 1 aliphatic rings.